The maximum Gasteiger partial charge on any atom is 0.221 e. The van der Waals surface area contributed by atoms with Crippen molar-refractivity contribution in [1.82, 2.24) is 0 Å². The Morgan fingerprint density at radius 1 is 1.50 bits per heavy atom. The van der Waals surface area contributed by atoms with Crippen LogP contribution in [-0.2, 0) is 4.79 Å². The van der Waals surface area contributed by atoms with Crippen LogP contribution in [-0.4, -0.2) is 12.5 Å². The Hall–Kier alpha value is -1.71. The maximum absolute atomic E-state index is 10.9. The molecule has 0 bridgehead atoms. The number of nitrogens with two attached hydrogens (primary N) is 1. The monoisotopic (exact) mass is 222 g/mol. The van der Waals surface area contributed by atoms with Crippen LogP contribution in [0.5, 0.6) is 5.75 Å². The highest BCUT2D eigenvalue weighted by molar-refractivity contribution is 5.92. The van der Waals surface area contributed by atoms with Gasteiger partial charge in [0.05, 0.1) is 18.0 Å². The van der Waals surface area contributed by atoms with Crippen molar-refractivity contribution in [2.75, 3.05) is 17.7 Å². The Morgan fingerprint density at radius 3 is 2.81 bits per heavy atom. The fourth-order valence-corrected chi connectivity index (χ4v) is 1.27. The molecule has 16 heavy (non-hydrogen) atoms. The summed E-state index contributed by atoms with van der Waals surface area (Å²) in [6, 6.07) is 5.27. The summed E-state index contributed by atoms with van der Waals surface area (Å²) >= 11 is 0. The molecular weight excluding hydrogens is 204 g/mol. The molecule has 0 aliphatic rings. The van der Waals surface area contributed by atoms with E-state index in [0.717, 1.165) is 18.6 Å². The standard InChI is InChI=1S/C12H18N2O2/c1-3-4-7-16-10-5-6-12(11(13)8-10)14-9(2)15/h5-6,8H,3-4,7,13H2,1-2H3,(H,14,15). The molecule has 1 aromatic rings. The topological polar surface area (TPSA) is 64.3 Å². The van der Waals surface area contributed by atoms with Gasteiger partial charge in [0.2, 0.25) is 5.91 Å². The largest absolute Gasteiger partial charge is 0.494 e. The van der Waals surface area contributed by atoms with Gasteiger partial charge in [-0.05, 0) is 18.6 Å². The predicted octanol–water partition coefficient (Wildman–Crippen LogP) is 2.41. The van der Waals surface area contributed by atoms with Crippen LogP contribution in [0.25, 0.3) is 0 Å². The highest BCUT2D eigenvalue weighted by atomic mass is 16.5. The zero-order valence-corrected chi connectivity index (χ0v) is 9.75. The number of nitrogen functional groups attached to an aromatic ring is 1. The van der Waals surface area contributed by atoms with E-state index < -0.39 is 0 Å². The molecule has 1 amide bonds. The molecule has 0 saturated carbocycles. The third kappa shape index (κ3) is 3.81. The summed E-state index contributed by atoms with van der Waals surface area (Å²) in [4.78, 5) is 10.9. The molecule has 4 nitrogen and oxygen atoms in total. The van der Waals surface area contributed by atoms with Gasteiger partial charge in [0.15, 0.2) is 0 Å². The minimum Gasteiger partial charge on any atom is -0.494 e. The molecule has 4 heteroatoms. The average molecular weight is 222 g/mol. The Labute approximate surface area is 95.8 Å². The number of carbonyl (C=O) groups is 1. The molecule has 0 heterocycles. The summed E-state index contributed by atoms with van der Waals surface area (Å²) in [6.45, 7) is 4.25. The Balaban J connectivity index is 2.63. The second kappa shape index (κ2) is 6.00. The van der Waals surface area contributed by atoms with E-state index in [1.54, 1.807) is 18.2 Å². The molecule has 0 unspecified atom stereocenters. The second-order valence-electron chi connectivity index (χ2n) is 3.63. The number of nitrogens with one attached hydrogen (secondary N) is 1. The number of rotatable bonds is 5. The number of benzene rings is 1. The first-order valence-electron chi connectivity index (χ1n) is 5.43. The van der Waals surface area contributed by atoms with Crippen molar-refractivity contribution in [1.29, 1.82) is 0 Å². The smallest absolute Gasteiger partial charge is 0.221 e. The molecule has 0 aliphatic heterocycles. The molecule has 0 saturated heterocycles. The van der Waals surface area contributed by atoms with Gasteiger partial charge in [-0.25, -0.2) is 0 Å². The van der Waals surface area contributed by atoms with E-state index in [0.29, 0.717) is 18.0 Å². The molecule has 3 N–H and O–H groups in total. The molecule has 1 rings (SSSR count). The van der Waals surface area contributed by atoms with Crippen LogP contribution in [0, 0.1) is 0 Å². The van der Waals surface area contributed by atoms with Crippen LogP contribution in [0.2, 0.25) is 0 Å². The molecule has 88 valence electrons. The van der Waals surface area contributed by atoms with Crippen molar-refractivity contribution in [3.63, 3.8) is 0 Å². The molecule has 0 radical (unpaired) electrons. The minimum atomic E-state index is -0.133. The van der Waals surface area contributed by atoms with Gasteiger partial charge in [-0.3, -0.25) is 4.79 Å². The number of anilines is 2. The first kappa shape index (κ1) is 12.4. The van der Waals surface area contributed by atoms with Gasteiger partial charge >= 0.3 is 0 Å². The van der Waals surface area contributed by atoms with E-state index in [1.807, 2.05) is 0 Å². The molecule has 0 atom stereocenters. The van der Waals surface area contributed by atoms with Crippen LogP contribution in [0.1, 0.15) is 26.7 Å². The lowest BCUT2D eigenvalue weighted by molar-refractivity contribution is -0.114. The van der Waals surface area contributed by atoms with E-state index in [9.17, 15) is 4.79 Å². The average Bonchev–Trinajstić information content (AvgIpc) is 2.22. The SMILES string of the molecule is CCCCOc1ccc(NC(C)=O)c(N)c1. The van der Waals surface area contributed by atoms with Crippen molar-refractivity contribution >= 4 is 17.3 Å². The normalized spacial score (nSPS) is 9.88. The van der Waals surface area contributed by atoms with Gasteiger partial charge in [0.25, 0.3) is 0 Å². The highest BCUT2D eigenvalue weighted by Crippen LogP contribution is 2.24. The minimum absolute atomic E-state index is 0.133. The summed E-state index contributed by atoms with van der Waals surface area (Å²) in [5.41, 5.74) is 6.92. The van der Waals surface area contributed by atoms with E-state index in [-0.39, 0.29) is 5.91 Å². The summed E-state index contributed by atoms with van der Waals surface area (Å²) in [5.74, 6) is 0.603. The Bertz CT molecular complexity index is 364. The fourth-order valence-electron chi connectivity index (χ4n) is 1.27. The first-order chi connectivity index (χ1) is 7.63. The number of carbonyl (C=O) groups excluding carboxylic acids is 1. The van der Waals surface area contributed by atoms with Gasteiger partial charge in [0, 0.05) is 13.0 Å². The van der Waals surface area contributed by atoms with Crippen LogP contribution in [0.15, 0.2) is 18.2 Å². The van der Waals surface area contributed by atoms with Gasteiger partial charge in [-0.2, -0.15) is 0 Å². The molecule has 1 aromatic carbocycles. The first-order valence-corrected chi connectivity index (χ1v) is 5.43. The number of unbranched alkanes of at least 4 members (excludes halogenated alkanes) is 1. The summed E-state index contributed by atoms with van der Waals surface area (Å²) < 4.78 is 5.49. The molecule has 0 aromatic heterocycles. The van der Waals surface area contributed by atoms with Crippen molar-refractivity contribution in [3.05, 3.63) is 18.2 Å². The van der Waals surface area contributed by atoms with Crippen LogP contribution < -0.4 is 15.8 Å². The van der Waals surface area contributed by atoms with Crippen LogP contribution in [0.4, 0.5) is 11.4 Å². The van der Waals surface area contributed by atoms with E-state index in [2.05, 4.69) is 12.2 Å². The third-order valence-electron chi connectivity index (χ3n) is 2.10. The van der Waals surface area contributed by atoms with Crippen molar-refractivity contribution < 1.29 is 9.53 Å². The lowest BCUT2D eigenvalue weighted by atomic mass is 10.2. The molecular formula is C12H18N2O2. The highest BCUT2D eigenvalue weighted by Gasteiger charge is 2.02. The summed E-state index contributed by atoms with van der Waals surface area (Å²) in [6.07, 6.45) is 2.12. The predicted molar refractivity (Wildman–Crippen MR) is 65.6 cm³/mol. The molecule has 0 aliphatic carbocycles. The summed E-state index contributed by atoms with van der Waals surface area (Å²) in [5, 5.41) is 2.65. The number of amides is 1. The maximum atomic E-state index is 10.9. The van der Waals surface area contributed by atoms with Gasteiger partial charge in [0.1, 0.15) is 5.75 Å². The lowest BCUT2D eigenvalue weighted by Gasteiger charge is -2.09. The second-order valence-corrected chi connectivity index (χ2v) is 3.63. The van der Waals surface area contributed by atoms with Crippen LogP contribution in [0.3, 0.4) is 0 Å². The van der Waals surface area contributed by atoms with Crippen molar-refractivity contribution in [2.45, 2.75) is 26.7 Å². The van der Waals surface area contributed by atoms with Crippen molar-refractivity contribution in [3.8, 4) is 5.75 Å². The third-order valence-corrected chi connectivity index (χ3v) is 2.10. The van der Waals surface area contributed by atoms with E-state index in [1.165, 1.54) is 6.92 Å². The quantitative estimate of drug-likeness (QED) is 0.594. The van der Waals surface area contributed by atoms with Crippen molar-refractivity contribution in [2.24, 2.45) is 0 Å². The molecule has 0 spiro atoms. The number of hydrogen-bond donors (Lipinski definition) is 2. The zero-order chi connectivity index (χ0) is 12.0. The van der Waals surface area contributed by atoms with Gasteiger partial charge < -0.3 is 15.8 Å². The zero-order valence-electron chi connectivity index (χ0n) is 9.75. The lowest BCUT2D eigenvalue weighted by Crippen LogP contribution is -2.08. The Morgan fingerprint density at radius 2 is 2.25 bits per heavy atom. The van der Waals surface area contributed by atoms with E-state index >= 15 is 0 Å². The molecule has 0 fully saturated rings. The number of ether oxygens (including phenoxy) is 1. The van der Waals surface area contributed by atoms with Gasteiger partial charge in [-0.15, -0.1) is 0 Å². The Kier molecular flexibility index (Phi) is 4.64. The number of hydrogen-bond acceptors (Lipinski definition) is 3. The van der Waals surface area contributed by atoms with Gasteiger partial charge in [-0.1, -0.05) is 13.3 Å². The van der Waals surface area contributed by atoms with Crippen LogP contribution >= 0.6 is 0 Å². The van der Waals surface area contributed by atoms with E-state index in [4.69, 9.17) is 10.5 Å². The summed E-state index contributed by atoms with van der Waals surface area (Å²) in [7, 11) is 0. The fraction of sp³-hybridized carbons (Fsp3) is 0.417.